The Morgan fingerprint density at radius 2 is 2.33 bits per heavy atom. The van der Waals surface area contributed by atoms with Crippen LogP contribution in [0.25, 0.3) is 0 Å². The van der Waals surface area contributed by atoms with E-state index in [1.54, 1.807) is 0 Å². The maximum atomic E-state index is 9.89. The summed E-state index contributed by atoms with van der Waals surface area (Å²) in [4.78, 5) is 9.89. The molecule has 0 rings (SSSR count). The number of rotatable bonds is 5. The van der Waals surface area contributed by atoms with Crippen LogP contribution in [0, 0.1) is 6.92 Å². The first kappa shape index (κ1) is 8.43. The van der Waals surface area contributed by atoms with E-state index in [0.717, 1.165) is 0 Å². The molecule has 0 fully saturated rings. The van der Waals surface area contributed by atoms with Crippen molar-refractivity contribution in [2.75, 3.05) is 13.2 Å². The van der Waals surface area contributed by atoms with E-state index in [4.69, 9.17) is 9.84 Å². The van der Waals surface area contributed by atoms with Gasteiger partial charge in [0, 0.05) is 19.6 Å². The van der Waals surface area contributed by atoms with Gasteiger partial charge in [-0.1, -0.05) is 0 Å². The topological polar surface area (TPSA) is 46.5 Å². The SMILES string of the molecule is [CH2]COCCCC(=O)O. The summed E-state index contributed by atoms with van der Waals surface area (Å²) in [6, 6.07) is 0. The van der Waals surface area contributed by atoms with Crippen molar-refractivity contribution in [1.82, 2.24) is 0 Å². The fraction of sp³-hybridized carbons (Fsp3) is 0.667. The third-order valence-electron chi connectivity index (χ3n) is 0.824. The van der Waals surface area contributed by atoms with E-state index in [1.165, 1.54) is 0 Å². The molecule has 0 amide bonds. The number of hydrogen-bond donors (Lipinski definition) is 1. The zero-order chi connectivity index (χ0) is 7.11. The molecule has 0 unspecified atom stereocenters. The van der Waals surface area contributed by atoms with Crippen LogP contribution in [0.4, 0.5) is 0 Å². The molecule has 3 nitrogen and oxygen atoms in total. The normalized spacial score (nSPS) is 9.44. The largest absolute Gasteiger partial charge is 0.481 e. The molecule has 0 aromatic heterocycles. The van der Waals surface area contributed by atoms with Crippen LogP contribution < -0.4 is 0 Å². The summed E-state index contributed by atoms with van der Waals surface area (Å²) in [6.07, 6.45) is 0.755. The van der Waals surface area contributed by atoms with Crippen molar-refractivity contribution >= 4 is 5.97 Å². The predicted octanol–water partition coefficient (Wildman–Crippen LogP) is 0.702. The first-order valence-electron chi connectivity index (χ1n) is 2.86. The van der Waals surface area contributed by atoms with E-state index in [0.29, 0.717) is 19.6 Å². The van der Waals surface area contributed by atoms with Crippen LogP contribution in [0.1, 0.15) is 12.8 Å². The van der Waals surface area contributed by atoms with Crippen molar-refractivity contribution in [3.8, 4) is 0 Å². The maximum Gasteiger partial charge on any atom is 0.303 e. The number of carboxylic acids is 1. The highest BCUT2D eigenvalue weighted by atomic mass is 16.5. The minimum absolute atomic E-state index is 0.181. The Kier molecular flexibility index (Phi) is 5.21. The molecule has 0 heterocycles. The second kappa shape index (κ2) is 5.56. The molecular weight excluding hydrogens is 120 g/mol. The highest BCUT2D eigenvalue weighted by Gasteiger charge is 1.94. The zero-order valence-corrected chi connectivity index (χ0v) is 5.30. The molecular formula is C6H11O3. The maximum absolute atomic E-state index is 9.89. The lowest BCUT2D eigenvalue weighted by molar-refractivity contribution is -0.137. The average molecular weight is 131 g/mol. The lowest BCUT2D eigenvalue weighted by atomic mass is 10.3. The van der Waals surface area contributed by atoms with Crippen molar-refractivity contribution in [3.05, 3.63) is 6.92 Å². The van der Waals surface area contributed by atoms with Gasteiger partial charge in [0.05, 0.1) is 0 Å². The second-order valence-electron chi connectivity index (χ2n) is 1.61. The molecule has 0 aliphatic rings. The molecule has 0 bridgehead atoms. The minimum Gasteiger partial charge on any atom is -0.481 e. The molecule has 0 saturated carbocycles. The molecule has 3 heteroatoms. The Bertz CT molecular complexity index is 80.4. The van der Waals surface area contributed by atoms with Gasteiger partial charge >= 0.3 is 5.97 Å². The lowest BCUT2D eigenvalue weighted by Gasteiger charge is -1.95. The lowest BCUT2D eigenvalue weighted by Crippen LogP contribution is -1.99. The standard InChI is InChI=1S/C6H11O3/c1-2-9-5-3-4-6(7)8/h1-5H2,(H,7,8). The molecule has 1 radical (unpaired) electrons. The summed E-state index contributed by atoms with van der Waals surface area (Å²) in [5.74, 6) is -0.775. The number of carboxylic acid groups (broad SMARTS) is 1. The van der Waals surface area contributed by atoms with Gasteiger partial charge < -0.3 is 9.84 Å². The fourth-order valence-corrected chi connectivity index (χ4v) is 0.428. The van der Waals surface area contributed by atoms with E-state index in [1.807, 2.05) is 0 Å². The third kappa shape index (κ3) is 7.43. The number of ether oxygens (including phenoxy) is 1. The van der Waals surface area contributed by atoms with Crippen molar-refractivity contribution in [2.24, 2.45) is 0 Å². The summed E-state index contributed by atoms with van der Waals surface area (Å²) < 4.78 is 4.81. The summed E-state index contributed by atoms with van der Waals surface area (Å²) in [5.41, 5.74) is 0. The van der Waals surface area contributed by atoms with Crippen LogP contribution in [-0.2, 0) is 9.53 Å². The highest BCUT2D eigenvalue weighted by Crippen LogP contribution is 1.88. The first-order valence-corrected chi connectivity index (χ1v) is 2.86. The van der Waals surface area contributed by atoms with E-state index < -0.39 is 5.97 Å². The highest BCUT2D eigenvalue weighted by molar-refractivity contribution is 5.66. The van der Waals surface area contributed by atoms with E-state index in [2.05, 4.69) is 6.92 Å². The van der Waals surface area contributed by atoms with Gasteiger partial charge in [0.1, 0.15) is 0 Å². The van der Waals surface area contributed by atoms with Gasteiger partial charge in [0.15, 0.2) is 0 Å². The molecule has 0 saturated heterocycles. The van der Waals surface area contributed by atoms with E-state index >= 15 is 0 Å². The van der Waals surface area contributed by atoms with E-state index in [-0.39, 0.29) is 6.42 Å². The summed E-state index contributed by atoms with van der Waals surface area (Å²) in [7, 11) is 0. The Hall–Kier alpha value is -0.570. The Balaban J connectivity index is 2.83. The van der Waals surface area contributed by atoms with Gasteiger partial charge in [-0.05, 0) is 13.3 Å². The van der Waals surface area contributed by atoms with Gasteiger partial charge in [-0.2, -0.15) is 0 Å². The van der Waals surface area contributed by atoms with Crippen LogP contribution in [0.15, 0.2) is 0 Å². The van der Waals surface area contributed by atoms with Gasteiger partial charge in [-0.3, -0.25) is 4.79 Å². The fourth-order valence-electron chi connectivity index (χ4n) is 0.428. The molecule has 0 aliphatic carbocycles. The average Bonchev–Trinajstić information content (AvgIpc) is 1.80. The minimum atomic E-state index is -0.775. The molecule has 0 spiro atoms. The summed E-state index contributed by atoms with van der Waals surface area (Å²) in [6.45, 7) is 4.34. The van der Waals surface area contributed by atoms with Gasteiger partial charge in [0.25, 0.3) is 0 Å². The van der Waals surface area contributed by atoms with Gasteiger partial charge in [0.2, 0.25) is 0 Å². The van der Waals surface area contributed by atoms with Crippen LogP contribution in [0.2, 0.25) is 0 Å². The Labute approximate surface area is 54.6 Å². The van der Waals surface area contributed by atoms with Crippen molar-refractivity contribution in [2.45, 2.75) is 12.8 Å². The van der Waals surface area contributed by atoms with Crippen molar-refractivity contribution in [1.29, 1.82) is 0 Å². The quantitative estimate of drug-likeness (QED) is 0.559. The molecule has 0 aromatic carbocycles. The predicted molar refractivity (Wildman–Crippen MR) is 33.0 cm³/mol. The monoisotopic (exact) mass is 131 g/mol. The molecule has 0 aromatic rings. The molecule has 53 valence electrons. The number of hydrogen-bond acceptors (Lipinski definition) is 2. The van der Waals surface area contributed by atoms with Crippen LogP contribution in [-0.4, -0.2) is 24.3 Å². The molecule has 0 aliphatic heterocycles. The number of aliphatic carboxylic acids is 1. The van der Waals surface area contributed by atoms with Crippen LogP contribution in [0.3, 0.4) is 0 Å². The molecule has 9 heavy (non-hydrogen) atoms. The zero-order valence-electron chi connectivity index (χ0n) is 5.30. The van der Waals surface area contributed by atoms with Crippen molar-refractivity contribution < 1.29 is 14.6 Å². The Morgan fingerprint density at radius 3 is 2.78 bits per heavy atom. The molecule has 0 atom stereocenters. The van der Waals surface area contributed by atoms with Crippen LogP contribution >= 0.6 is 0 Å². The van der Waals surface area contributed by atoms with E-state index in [9.17, 15) is 4.79 Å². The molecule has 1 N–H and O–H groups in total. The summed E-state index contributed by atoms with van der Waals surface area (Å²) in [5, 5.41) is 8.14. The second-order valence-corrected chi connectivity index (χ2v) is 1.61. The number of carbonyl (C=O) groups is 1. The van der Waals surface area contributed by atoms with Crippen molar-refractivity contribution in [3.63, 3.8) is 0 Å². The van der Waals surface area contributed by atoms with Gasteiger partial charge in [-0.15, -0.1) is 0 Å². The third-order valence-corrected chi connectivity index (χ3v) is 0.824. The first-order chi connectivity index (χ1) is 4.27. The van der Waals surface area contributed by atoms with Gasteiger partial charge in [-0.25, -0.2) is 0 Å². The summed E-state index contributed by atoms with van der Waals surface area (Å²) >= 11 is 0. The smallest absolute Gasteiger partial charge is 0.303 e. The van der Waals surface area contributed by atoms with Crippen LogP contribution in [0.5, 0.6) is 0 Å². The Morgan fingerprint density at radius 1 is 1.67 bits per heavy atom.